The minimum absolute atomic E-state index is 0.211. The topological polar surface area (TPSA) is 26.3 Å². The highest BCUT2D eigenvalue weighted by Gasteiger charge is 2.21. The molecule has 2 atom stereocenters. The predicted molar refractivity (Wildman–Crippen MR) is 66.6 cm³/mol. The van der Waals surface area contributed by atoms with Crippen LogP contribution >= 0.6 is 0 Å². The van der Waals surface area contributed by atoms with Gasteiger partial charge in [-0.3, -0.25) is 4.79 Å². The van der Waals surface area contributed by atoms with Gasteiger partial charge in [0, 0.05) is 12.8 Å². The van der Waals surface area contributed by atoms with Crippen molar-refractivity contribution in [3.63, 3.8) is 0 Å². The van der Waals surface area contributed by atoms with Crippen LogP contribution in [-0.2, 0) is 9.53 Å². The van der Waals surface area contributed by atoms with Gasteiger partial charge in [0.2, 0.25) is 0 Å². The first-order valence-corrected chi connectivity index (χ1v) is 6.89. The Labute approximate surface area is 99.8 Å². The van der Waals surface area contributed by atoms with Crippen LogP contribution in [0.3, 0.4) is 0 Å². The summed E-state index contributed by atoms with van der Waals surface area (Å²) in [5, 5.41) is 0. The third kappa shape index (κ3) is 5.64. The van der Waals surface area contributed by atoms with Gasteiger partial charge in [-0.1, -0.05) is 32.6 Å². The van der Waals surface area contributed by atoms with Crippen LogP contribution in [-0.4, -0.2) is 18.0 Å². The van der Waals surface area contributed by atoms with E-state index in [9.17, 15) is 4.79 Å². The van der Waals surface area contributed by atoms with Crippen molar-refractivity contribution in [1.82, 2.24) is 0 Å². The molecule has 0 aromatic carbocycles. The average molecular weight is 226 g/mol. The molecule has 1 rings (SSSR count). The van der Waals surface area contributed by atoms with Gasteiger partial charge in [-0.2, -0.15) is 0 Å². The van der Waals surface area contributed by atoms with Crippen molar-refractivity contribution < 1.29 is 9.53 Å². The van der Waals surface area contributed by atoms with Crippen LogP contribution in [0.25, 0.3) is 0 Å². The molecule has 1 aliphatic rings. The summed E-state index contributed by atoms with van der Waals surface area (Å²) in [6.45, 7) is 4.37. The average Bonchev–Trinajstić information content (AvgIpc) is 2.24. The molecule has 0 aliphatic heterocycles. The summed E-state index contributed by atoms with van der Waals surface area (Å²) in [6, 6.07) is 0. The Bertz CT molecular complexity index is 201. The number of hydrogen-bond acceptors (Lipinski definition) is 2. The summed E-state index contributed by atoms with van der Waals surface area (Å²) >= 11 is 0. The van der Waals surface area contributed by atoms with Crippen molar-refractivity contribution in [2.75, 3.05) is 0 Å². The Balaban J connectivity index is 2.08. The van der Waals surface area contributed by atoms with E-state index < -0.39 is 0 Å². The Morgan fingerprint density at radius 1 is 1.38 bits per heavy atom. The number of ether oxygens (including phenoxy) is 1. The molecule has 2 nitrogen and oxygen atoms in total. The standard InChI is InChI=1S/C14H26O2/c1-3-4-5-6-8-12(2)16-14-10-7-9-13(15)11-14/h12,14H,3-11H2,1-2H3. The van der Waals surface area contributed by atoms with Crippen molar-refractivity contribution in [3.8, 4) is 0 Å². The van der Waals surface area contributed by atoms with Gasteiger partial charge in [0.25, 0.3) is 0 Å². The number of carbonyl (C=O) groups excluding carboxylic acids is 1. The zero-order chi connectivity index (χ0) is 11.8. The van der Waals surface area contributed by atoms with Gasteiger partial charge in [0.1, 0.15) is 5.78 Å². The van der Waals surface area contributed by atoms with Gasteiger partial charge in [-0.25, -0.2) is 0 Å². The second-order valence-corrected chi connectivity index (χ2v) is 5.05. The summed E-state index contributed by atoms with van der Waals surface area (Å²) in [6.07, 6.45) is 10.4. The van der Waals surface area contributed by atoms with E-state index in [1.807, 2.05) is 0 Å². The maximum absolute atomic E-state index is 11.3. The molecule has 0 heterocycles. The van der Waals surface area contributed by atoms with Crippen molar-refractivity contribution in [2.24, 2.45) is 0 Å². The molecule has 16 heavy (non-hydrogen) atoms. The number of rotatable bonds is 7. The molecule has 0 N–H and O–H groups in total. The van der Waals surface area contributed by atoms with Crippen LogP contribution in [0.2, 0.25) is 0 Å². The van der Waals surface area contributed by atoms with Crippen LogP contribution in [0.1, 0.15) is 71.6 Å². The SMILES string of the molecule is CCCCCCC(C)OC1CCCC(=O)C1. The van der Waals surface area contributed by atoms with E-state index in [4.69, 9.17) is 4.74 Å². The smallest absolute Gasteiger partial charge is 0.135 e. The molecule has 0 radical (unpaired) electrons. The van der Waals surface area contributed by atoms with E-state index in [0.29, 0.717) is 18.3 Å². The van der Waals surface area contributed by atoms with Crippen molar-refractivity contribution >= 4 is 5.78 Å². The lowest BCUT2D eigenvalue weighted by Crippen LogP contribution is -2.26. The van der Waals surface area contributed by atoms with Gasteiger partial charge in [0.05, 0.1) is 12.2 Å². The predicted octanol–water partition coefficient (Wildman–Crippen LogP) is 3.87. The van der Waals surface area contributed by atoms with Crippen molar-refractivity contribution in [1.29, 1.82) is 0 Å². The fraction of sp³-hybridized carbons (Fsp3) is 0.929. The highest BCUT2D eigenvalue weighted by atomic mass is 16.5. The maximum Gasteiger partial charge on any atom is 0.135 e. The highest BCUT2D eigenvalue weighted by Crippen LogP contribution is 2.20. The number of hydrogen-bond donors (Lipinski definition) is 0. The third-order valence-corrected chi connectivity index (χ3v) is 3.33. The minimum Gasteiger partial charge on any atom is -0.375 e. The lowest BCUT2D eigenvalue weighted by molar-refractivity contribution is -0.126. The zero-order valence-electron chi connectivity index (χ0n) is 10.8. The molecular weight excluding hydrogens is 200 g/mol. The van der Waals surface area contributed by atoms with Gasteiger partial charge >= 0.3 is 0 Å². The fourth-order valence-electron chi connectivity index (χ4n) is 2.36. The highest BCUT2D eigenvalue weighted by molar-refractivity contribution is 5.79. The van der Waals surface area contributed by atoms with E-state index in [2.05, 4.69) is 13.8 Å². The second-order valence-electron chi connectivity index (χ2n) is 5.05. The summed E-state index contributed by atoms with van der Waals surface area (Å²) in [5.41, 5.74) is 0. The molecular formula is C14H26O2. The van der Waals surface area contributed by atoms with Gasteiger partial charge in [-0.05, 0) is 26.2 Å². The quantitative estimate of drug-likeness (QED) is 0.616. The monoisotopic (exact) mass is 226 g/mol. The number of carbonyl (C=O) groups is 1. The first kappa shape index (κ1) is 13.7. The molecule has 2 heteroatoms. The first-order valence-electron chi connectivity index (χ1n) is 6.89. The van der Waals surface area contributed by atoms with Crippen LogP contribution in [0, 0.1) is 0 Å². The summed E-state index contributed by atoms with van der Waals surface area (Å²) < 4.78 is 5.92. The maximum atomic E-state index is 11.3. The molecule has 0 spiro atoms. The van der Waals surface area contributed by atoms with Crippen LogP contribution < -0.4 is 0 Å². The normalized spacial score (nSPS) is 23.4. The molecule has 1 fully saturated rings. The van der Waals surface area contributed by atoms with E-state index in [0.717, 1.165) is 25.7 Å². The Hall–Kier alpha value is -0.370. The van der Waals surface area contributed by atoms with Gasteiger partial charge in [-0.15, -0.1) is 0 Å². The first-order chi connectivity index (χ1) is 7.72. The number of ketones is 1. The van der Waals surface area contributed by atoms with E-state index >= 15 is 0 Å². The summed E-state index contributed by atoms with van der Waals surface area (Å²) in [7, 11) is 0. The number of Topliss-reactive ketones (excluding diaryl/α,β-unsaturated/α-hetero) is 1. The molecule has 0 bridgehead atoms. The largest absolute Gasteiger partial charge is 0.375 e. The minimum atomic E-state index is 0.211. The van der Waals surface area contributed by atoms with Crippen LogP contribution in [0.15, 0.2) is 0 Å². The molecule has 0 aromatic heterocycles. The van der Waals surface area contributed by atoms with Gasteiger partial charge in [0.15, 0.2) is 0 Å². The molecule has 0 aromatic rings. The Kier molecular flexibility index (Phi) is 6.70. The summed E-state index contributed by atoms with van der Waals surface area (Å²) in [4.78, 5) is 11.3. The molecule has 94 valence electrons. The van der Waals surface area contributed by atoms with Crippen LogP contribution in [0.4, 0.5) is 0 Å². The zero-order valence-corrected chi connectivity index (χ0v) is 10.8. The van der Waals surface area contributed by atoms with Gasteiger partial charge < -0.3 is 4.74 Å². The van der Waals surface area contributed by atoms with E-state index in [-0.39, 0.29) is 6.10 Å². The molecule has 0 saturated heterocycles. The molecule has 2 unspecified atom stereocenters. The Morgan fingerprint density at radius 2 is 2.19 bits per heavy atom. The van der Waals surface area contributed by atoms with E-state index in [1.54, 1.807) is 0 Å². The molecule has 1 saturated carbocycles. The second kappa shape index (κ2) is 7.83. The summed E-state index contributed by atoms with van der Waals surface area (Å²) in [5.74, 6) is 0.384. The Morgan fingerprint density at radius 3 is 2.88 bits per heavy atom. The lowest BCUT2D eigenvalue weighted by atomic mass is 9.96. The van der Waals surface area contributed by atoms with E-state index in [1.165, 1.54) is 25.7 Å². The third-order valence-electron chi connectivity index (χ3n) is 3.33. The molecule has 1 aliphatic carbocycles. The van der Waals surface area contributed by atoms with Crippen molar-refractivity contribution in [3.05, 3.63) is 0 Å². The molecule has 0 amide bonds. The fourth-order valence-corrected chi connectivity index (χ4v) is 2.36. The number of unbranched alkanes of at least 4 members (excludes halogenated alkanes) is 3. The lowest BCUT2D eigenvalue weighted by Gasteiger charge is -2.25. The van der Waals surface area contributed by atoms with Crippen LogP contribution in [0.5, 0.6) is 0 Å². The van der Waals surface area contributed by atoms with Crippen molar-refractivity contribution in [2.45, 2.75) is 83.8 Å².